The second-order valence-electron chi connectivity index (χ2n) is 6.13. The van der Waals surface area contributed by atoms with Crippen molar-refractivity contribution in [2.24, 2.45) is 0 Å². The molecule has 1 aromatic heterocycles. The predicted octanol–water partition coefficient (Wildman–Crippen LogP) is 4.21. The molecule has 0 amide bonds. The van der Waals surface area contributed by atoms with E-state index in [4.69, 9.17) is 16.6 Å². The Kier molecular flexibility index (Phi) is 7.28. The Morgan fingerprint density at radius 2 is 1.96 bits per heavy atom. The lowest BCUT2D eigenvalue weighted by atomic mass is 10.1. The first-order chi connectivity index (χ1) is 11.6. The molecule has 0 fully saturated rings. The summed E-state index contributed by atoms with van der Waals surface area (Å²) in [6.07, 6.45) is 5.28. The van der Waals surface area contributed by atoms with E-state index in [0.717, 1.165) is 17.9 Å². The van der Waals surface area contributed by atoms with Crippen molar-refractivity contribution in [3.8, 4) is 0 Å². The van der Waals surface area contributed by atoms with Crippen LogP contribution in [0.5, 0.6) is 0 Å². The van der Waals surface area contributed by atoms with Crippen LogP contribution in [0.3, 0.4) is 0 Å². The SMILES string of the molecule is CCCCc1ccc(NC(=S)NC[C@H](c2ccco2)N(C)C)cc1. The van der Waals surface area contributed by atoms with Gasteiger partial charge in [-0.15, -0.1) is 0 Å². The first kappa shape index (κ1) is 18.5. The number of thiocarbonyl (C=S) groups is 1. The molecule has 4 nitrogen and oxygen atoms in total. The van der Waals surface area contributed by atoms with Crippen LogP contribution < -0.4 is 10.6 Å². The van der Waals surface area contributed by atoms with Crippen LogP contribution in [0.2, 0.25) is 0 Å². The van der Waals surface area contributed by atoms with Crippen molar-refractivity contribution in [1.82, 2.24) is 10.2 Å². The van der Waals surface area contributed by atoms with Gasteiger partial charge in [-0.2, -0.15) is 0 Å². The van der Waals surface area contributed by atoms with Gasteiger partial charge < -0.3 is 15.1 Å². The number of aryl methyl sites for hydroxylation is 1. The van der Waals surface area contributed by atoms with Crippen molar-refractivity contribution in [2.45, 2.75) is 32.2 Å². The summed E-state index contributed by atoms with van der Waals surface area (Å²) in [6, 6.07) is 12.5. The number of nitrogens with zero attached hydrogens (tertiary/aromatic N) is 1. The number of anilines is 1. The number of benzene rings is 1. The Labute approximate surface area is 150 Å². The number of nitrogens with one attached hydrogen (secondary N) is 2. The van der Waals surface area contributed by atoms with E-state index in [1.54, 1.807) is 6.26 Å². The van der Waals surface area contributed by atoms with Gasteiger partial charge in [-0.05, 0) is 69.0 Å². The molecule has 1 aromatic carbocycles. The van der Waals surface area contributed by atoms with Crippen molar-refractivity contribution < 1.29 is 4.42 Å². The predicted molar refractivity (Wildman–Crippen MR) is 104 cm³/mol. The van der Waals surface area contributed by atoms with Gasteiger partial charge in [0, 0.05) is 12.2 Å². The minimum atomic E-state index is 0.135. The maximum absolute atomic E-state index is 5.51. The number of furan rings is 1. The zero-order chi connectivity index (χ0) is 17.4. The van der Waals surface area contributed by atoms with Crippen LogP contribution in [0.4, 0.5) is 5.69 Å². The smallest absolute Gasteiger partial charge is 0.170 e. The van der Waals surface area contributed by atoms with Gasteiger partial charge in [0.25, 0.3) is 0 Å². The highest BCUT2D eigenvalue weighted by molar-refractivity contribution is 7.80. The van der Waals surface area contributed by atoms with Gasteiger partial charge in [-0.1, -0.05) is 25.5 Å². The molecular formula is C19H27N3OS. The Morgan fingerprint density at radius 3 is 2.54 bits per heavy atom. The summed E-state index contributed by atoms with van der Waals surface area (Å²) >= 11 is 5.40. The van der Waals surface area contributed by atoms with E-state index in [0.29, 0.717) is 11.7 Å². The molecule has 0 saturated carbocycles. The molecule has 2 rings (SSSR count). The fraction of sp³-hybridized carbons (Fsp3) is 0.421. The number of rotatable bonds is 8. The monoisotopic (exact) mass is 345 g/mol. The third-order valence-electron chi connectivity index (χ3n) is 3.98. The molecule has 0 spiro atoms. The van der Waals surface area contributed by atoms with Gasteiger partial charge in [0.2, 0.25) is 0 Å². The summed E-state index contributed by atoms with van der Waals surface area (Å²) in [7, 11) is 4.06. The highest BCUT2D eigenvalue weighted by atomic mass is 32.1. The zero-order valence-corrected chi connectivity index (χ0v) is 15.5. The third kappa shape index (κ3) is 5.65. The van der Waals surface area contributed by atoms with Crippen molar-refractivity contribution in [3.63, 3.8) is 0 Å². The van der Waals surface area contributed by atoms with E-state index in [-0.39, 0.29) is 6.04 Å². The standard InChI is InChI=1S/C19H27N3OS/c1-4-5-7-15-9-11-16(12-10-15)21-19(24)20-14-17(22(2)3)18-8-6-13-23-18/h6,8-13,17H,4-5,7,14H2,1-3H3,(H2,20,21,24)/t17-/m1/s1. The lowest BCUT2D eigenvalue weighted by Crippen LogP contribution is -2.36. The van der Waals surface area contributed by atoms with E-state index >= 15 is 0 Å². The number of unbranched alkanes of at least 4 members (excludes halogenated alkanes) is 1. The van der Waals surface area contributed by atoms with E-state index in [1.807, 2.05) is 26.2 Å². The average Bonchev–Trinajstić information content (AvgIpc) is 3.08. The molecule has 0 saturated heterocycles. The number of hydrogen-bond acceptors (Lipinski definition) is 3. The summed E-state index contributed by atoms with van der Waals surface area (Å²) in [5.41, 5.74) is 2.37. The molecule has 5 heteroatoms. The molecule has 0 aliphatic carbocycles. The Morgan fingerprint density at radius 1 is 1.21 bits per heavy atom. The molecule has 0 bridgehead atoms. The molecule has 0 unspecified atom stereocenters. The molecule has 0 aliphatic heterocycles. The second kappa shape index (κ2) is 9.45. The van der Waals surface area contributed by atoms with Gasteiger partial charge in [-0.3, -0.25) is 4.90 Å². The van der Waals surface area contributed by atoms with Crippen molar-refractivity contribution in [3.05, 3.63) is 54.0 Å². The van der Waals surface area contributed by atoms with E-state index in [1.165, 1.54) is 18.4 Å². The number of likely N-dealkylation sites (N-methyl/N-ethyl adjacent to an activating group) is 1. The lowest BCUT2D eigenvalue weighted by Gasteiger charge is -2.23. The van der Waals surface area contributed by atoms with Gasteiger partial charge in [0.15, 0.2) is 5.11 Å². The van der Waals surface area contributed by atoms with Crippen LogP contribution in [0, 0.1) is 0 Å². The second-order valence-corrected chi connectivity index (χ2v) is 6.54. The Balaban J connectivity index is 1.84. The largest absolute Gasteiger partial charge is 0.468 e. The fourth-order valence-corrected chi connectivity index (χ4v) is 2.72. The molecule has 0 aliphatic rings. The van der Waals surface area contributed by atoms with E-state index < -0.39 is 0 Å². The van der Waals surface area contributed by atoms with Crippen molar-refractivity contribution in [2.75, 3.05) is 26.0 Å². The minimum Gasteiger partial charge on any atom is -0.468 e. The Hall–Kier alpha value is -1.85. The molecule has 2 N–H and O–H groups in total. The van der Waals surface area contributed by atoms with Crippen LogP contribution in [0.15, 0.2) is 47.1 Å². The highest BCUT2D eigenvalue weighted by Gasteiger charge is 2.16. The molecule has 2 aromatic rings. The molecule has 0 radical (unpaired) electrons. The van der Waals surface area contributed by atoms with Crippen LogP contribution in [-0.2, 0) is 6.42 Å². The summed E-state index contributed by atoms with van der Waals surface area (Å²) in [5.74, 6) is 0.926. The average molecular weight is 346 g/mol. The first-order valence-corrected chi connectivity index (χ1v) is 8.84. The Bertz CT molecular complexity index is 608. The molecule has 1 atom stereocenters. The molecule has 130 valence electrons. The molecular weight excluding hydrogens is 318 g/mol. The van der Waals surface area contributed by atoms with Crippen LogP contribution in [0.1, 0.15) is 37.1 Å². The summed E-state index contributed by atoms with van der Waals surface area (Å²) < 4.78 is 5.51. The summed E-state index contributed by atoms with van der Waals surface area (Å²) in [5, 5.41) is 7.12. The van der Waals surface area contributed by atoms with E-state index in [2.05, 4.69) is 46.7 Å². The van der Waals surface area contributed by atoms with Crippen molar-refractivity contribution >= 4 is 23.0 Å². The third-order valence-corrected chi connectivity index (χ3v) is 4.23. The topological polar surface area (TPSA) is 40.4 Å². The maximum atomic E-state index is 5.51. The fourth-order valence-electron chi connectivity index (χ4n) is 2.52. The van der Waals surface area contributed by atoms with Crippen LogP contribution in [-0.4, -0.2) is 30.7 Å². The van der Waals surface area contributed by atoms with Gasteiger partial charge in [0.05, 0.1) is 12.3 Å². The summed E-state index contributed by atoms with van der Waals surface area (Å²) in [6.45, 7) is 2.89. The maximum Gasteiger partial charge on any atom is 0.170 e. The summed E-state index contributed by atoms with van der Waals surface area (Å²) in [4.78, 5) is 2.11. The van der Waals surface area contributed by atoms with Gasteiger partial charge in [0.1, 0.15) is 5.76 Å². The minimum absolute atomic E-state index is 0.135. The molecule has 24 heavy (non-hydrogen) atoms. The van der Waals surface area contributed by atoms with Crippen LogP contribution >= 0.6 is 12.2 Å². The highest BCUT2D eigenvalue weighted by Crippen LogP contribution is 2.17. The van der Waals surface area contributed by atoms with Crippen LogP contribution in [0.25, 0.3) is 0 Å². The van der Waals surface area contributed by atoms with Gasteiger partial charge in [-0.25, -0.2) is 0 Å². The number of hydrogen-bond donors (Lipinski definition) is 2. The zero-order valence-electron chi connectivity index (χ0n) is 14.7. The lowest BCUT2D eigenvalue weighted by molar-refractivity contribution is 0.259. The van der Waals surface area contributed by atoms with Crippen molar-refractivity contribution in [1.29, 1.82) is 0 Å². The van der Waals surface area contributed by atoms with E-state index in [9.17, 15) is 0 Å². The quantitative estimate of drug-likeness (QED) is 0.701. The normalized spacial score (nSPS) is 12.2. The van der Waals surface area contributed by atoms with Gasteiger partial charge >= 0.3 is 0 Å². The first-order valence-electron chi connectivity index (χ1n) is 8.43. The molecule has 1 heterocycles.